The number of halogens is 2. The van der Waals surface area contributed by atoms with Gasteiger partial charge in [0.25, 0.3) is 0 Å². The van der Waals surface area contributed by atoms with E-state index in [9.17, 15) is 8.78 Å². The summed E-state index contributed by atoms with van der Waals surface area (Å²) >= 11 is 4.06. The Morgan fingerprint density at radius 1 is 1.71 bits per heavy atom. The van der Waals surface area contributed by atoms with Crippen molar-refractivity contribution in [3.05, 3.63) is 0 Å². The molecule has 42 valence electrons. The van der Waals surface area contributed by atoms with Crippen molar-refractivity contribution in [1.82, 2.24) is 5.32 Å². The van der Waals surface area contributed by atoms with Crippen LogP contribution in [-0.2, 0) is 0 Å². The van der Waals surface area contributed by atoms with Crippen LogP contribution in [0, 0.1) is 0 Å². The average Bonchev–Trinajstić information content (AvgIpc) is 1.27. The Labute approximate surface area is 44.7 Å². The molecule has 0 aromatic rings. The summed E-state index contributed by atoms with van der Waals surface area (Å²) in [5.41, 5.74) is 4.63. The van der Waals surface area contributed by atoms with E-state index in [2.05, 4.69) is 18.0 Å². The van der Waals surface area contributed by atoms with Crippen molar-refractivity contribution >= 4 is 17.3 Å². The Balaban J connectivity index is 3.13. The second kappa shape index (κ2) is 2.68. The molecule has 0 saturated carbocycles. The molecule has 0 aliphatic carbocycles. The van der Waals surface area contributed by atoms with Crippen LogP contribution in [0.25, 0.3) is 0 Å². The minimum atomic E-state index is -2.64. The van der Waals surface area contributed by atoms with Crippen LogP contribution in [0.2, 0.25) is 0 Å². The Morgan fingerprint density at radius 3 is 2.14 bits per heavy atom. The number of hydrogen-bond acceptors (Lipinski definition) is 1. The highest BCUT2D eigenvalue weighted by Crippen LogP contribution is 1.81. The summed E-state index contributed by atoms with van der Waals surface area (Å²) < 4.78 is 22.0. The summed E-state index contributed by atoms with van der Waals surface area (Å²) in [5, 5.41) is 1.10. The summed E-state index contributed by atoms with van der Waals surface area (Å²) in [4.78, 5) is 0. The predicted molar refractivity (Wildman–Crippen MR) is 25.9 cm³/mol. The Bertz CT molecular complexity index is 74.1. The highest BCUT2D eigenvalue weighted by molar-refractivity contribution is 7.80. The molecule has 0 heterocycles. The molecule has 0 aromatic carbocycles. The van der Waals surface area contributed by atoms with E-state index in [0.29, 0.717) is 0 Å². The second-order valence-corrected chi connectivity index (χ2v) is 1.25. The largest absolute Gasteiger partial charge is 0.376 e. The maximum Gasteiger partial charge on any atom is 0.314 e. The summed E-state index contributed by atoms with van der Waals surface area (Å²) in [7, 11) is 0. The van der Waals surface area contributed by atoms with Gasteiger partial charge in [0.15, 0.2) is 5.11 Å². The van der Waals surface area contributed by atoms with E-state index in [4.69, 9.17) is 0 Å². The smallest absolute Gasteiger partial charge is 0.314 e. The van der Waals surface area contributed by atoms with Gasteiger partial charge in [0, 0.05) is 0 Å². The van der Waals surface area contributed by atoms with Gasteiger partial charge in [0.05, 0.1) is 0 Å². The molecule has 0 atom stereocenters. The summed E-state index contributed by atoms with van der Waals surface area (Å²) in [6.45, 7) is -2.64. The first kappa shape index (κ1) is 6.55. The number of nitrogens with two attached hydrogens (primary N) is 1. The van der Waals surface area contributed by atoms with Gasteiger partial charge in [-0.3, -0.25) is 0 Å². The van der Waals surface area contributed by atoms with E-state index >= 15 is 0 Å². The molecule has 0 saturated heterocycles. The van der Waals surface area contributed by atoms with Crippen LogP contribution in [0.1, 0.15) is 0 Å². The van der Waals surface area contributed by atoms with Crippen LogP contribution in [0.4, 0.5) is 8.78 Å². The molecular formula is C2H4F2N2S. The maximum absolute atomic E-state index is 11.0. The normalized spacial score (nSPS) is 9.00. The molecule has 2 nitrogen and oxygen atoms in total. The lowest BCUT2D eigenvalue weighted by Gasteiger charge is -1.97. The fraction of sp³-hybridized carbons (Fsp3) is 0.500. The van der Waals surface area contributed by atoms with E-state index in [1.165, 1.54) is 5.32 Å². The van der Waals surface area contributed by atoms with Crippen molar-refractivity contribution < 1.29 is 8.78 Å². The van der Waals surface area contributed by atoms with Crippen molar-refractivity contribution in [1.29, 1.82) is 0 Å². The lowest BCUT2D eigenvalue weighted by Crippen LogP contribution is -2.32. The van der Waals surface area contributed by atoms with Gasteiger partial charge in [0.1, 0.15) is 0 Å². The molecule has 7 heavy (non-hydrogen) atoms. The third kappa shape index (κ3) is 5.55. The molecule has 0 fully saturated rings. The predicted octanol–water partition coefficient (Wildman–Crippen LogP) is 0.0422. The molecule has 0 spiro atoms. The van der Waals surface area contributed by atoms with Gasteiger partial charge < -0.3 is 11.1 Å². The summed E-state index contributed by atoms with van der Waals surface area (Å²) in [6, 6.07) is 0. The zero-order chi connectivity index (χ0) is 5.86. The van der Waals surface area contributed by atoms with Crippen LogP contribution in [0.3, 0.4) is 0 Å². The lowest BCUT2D eigenvalue weighted by atomic mass is 11.0. The van der Waals surface area contributed by atoms with Crippen molar-refractivity contribution in [3.63, 3.8) is 0 Å². The minimum absolute atomic E-state index is 0.380. The molecule has 0 aliphatic heterocycles. The number of hydrogen-bond donors (Lipinski definition) is 2. The first-order chi connectivity index (χ1) is 3.13. The molecule has 5 heteroatoms. The van der Waals surface area contributed by atoms with Crippen LogP contribution < -0.4 is 11.1 Å². The van der Waals surface area contributed by atoms with Crippen LogP contribution in [0.15, 0.2) is 0 Å². The van der Waals surface area contributed by atoms with E-state index in [1.54, 1.807) is 0 Å². The molecule has 0 rings (SSSR count). The van der Waals surface area contributed by atoms with Crippen molar-refractivity contribution in [2.45, 2.75) is 6.55 Å². The third-order valence-electron chi connectivity index (χ3n) is 0.251. The maximum atomic E-state index is 11.0. The van der Waals surface area contributed by atoms with E-state index in [1.807, 2.05) is 0 Å². The van der Waals surface area contributed by atoms with Crippen molar-refractivity contribution in [2.75, 3.05) is 0 Å². The van der Waals surface area contributed by atoms with Gasteiger partial charge in [-0.2, -0.15) is 8.78 Å². The van der Waals surface area contributed by atoms with Gasteiger partial charge in [-0.25, -0.2) is 0 Å². The number of rotatable bonds is 1. The standard InChI is InChI=1S/C2H4F2N2S/c3-1(4)6-2(5)7/h1H,(H3,5,6,7). The average molecular weight is 126 g/mol. The molecule has 0 bridgehead atoms. The second-order valence-electron chi connectivity index (χ2n) is 0.809. The molecule has 0 unspecified atom stereocenters. The van der Waals surface area contributed by atoms with E-state index in [0.717, 1.165) is 0 Å². The molecular weight excluding hydrogens is 122 g/mol. The van der Waals surface area contributed by atoms with E-state index < -0.39 is 6.55 Å². The van der Waals surface area contributed by atoms with Crippen LogP contribution in [0.5, 0.6) is 0 Å². The zero-order valence-electron chi connectivity index (χ0n) is 3.32. The quantitative estimate of drug-likeness (QED) is 0.385. The molecule has 3 N–H and O–H groups in total. The van der Waals surface area contributed by atoms with Crippen LogP contribution >= 0.6 is 12.2 Å². The topological polar surface area (TPSA) is 38.0 Å². The minimum Gasteiger partial charge on any atom is -0.376 e. The monoisotopic (exact) mass is 126 g/mol. The summed E-state index contributed by atoms with van der Waals surface area (Å²) in [6.07, 6.45) is 0. The molecule has 0 radical (unpaired) electrons. The van der Waals surface area contributed by atoms with Crippen molar-refractivity contribution in [3.8, 4) is 0 Å². The van der Waals surface area contributed by atoms with E-state index in [-0.39, 0.29) is 5.11 Å². The van der Waals surface area contributed by atoms with Crippen LogP contribution in [-0.4, -0.2) is 11.7 Å². The van der Waals surface area contributed by atoms with Gasteiger partial charge in [0.2, 0.25) is 0 Å². The third-order valence-corrected chi connectivity index (χ3v) is 0.369. The number of nitrogens with one attached hydrogen (secondary N) is 1. The fourth-order valence-electron chi connectivity index (χ4n) is 0.108. The highest BCUT2D eigenvalue weighted by Gasteiger charge is 1.97. The SMILES string of the molecule is NC(=S)NC(F)F. The first-order valence-electron chi connectivity index (χ1n) is 1.47. The Morgan fingerprint density at radius 2 is 2.14 bits per heavy atom. The molecule has 0 amide bonds. The van der Waals surface area contributed by atoms with Gasteiger partial charge in [-0.15, -0.1) is 0 Å². The van der Waals surface area contributed by atoms with Crippen molar-refractivity contribution in [2.24, 2.45) is 5.73 Å². The Kier molecular flexibility index (Phi) is 2.51. The number of alkyl halides is 2. The lowest BCUT2D eigenvalue weighted by molar-refractivity contribution is 0.133. The summed E-state index contributed by atoms with van der Waals surface area (Å²) in [5.74, 6) is 0. The Hall–Kier alpha value is -0.450. The van der Waals surface area contributed by atoms with Gasteiger partial charge in [-0.1, -0.05) is 0 Å². The fourth-order valence-corrected chi connectivity index (χ4v) is 0.197. The molecule has 0 aliphatic rings. The zero-order valence-corrected chi connectivity index (χ0v) is 4.14. The first-order valence-corrected chi connectivity index (χ1v) is 1.88. The molecule has 0 aromatic heterocycles. The van der Waals surface area contributed by atoms with Gasteiger partial charge in [-0.05, 0) is 12.2 Å². The van der Waals surface area contributed by atoms with Gasteiger partial charge >= 0.3 is 6.55 Å². The number of thiocarbonyl (C=S) groups is 1. The highest BCUT2D eigenvalue weighted by atomic mass is 32.1.